The van der Waals surface area contributed by atoms with Gasteiger partial charge < -0.3 is 10.6 Å². The Morgan fingerprint density at radius 2 is 1.83 bits per heavy atom. The fourth-order valence-electron chi connectivity index (χ4n) is 2.80. The third-order valence-electron chi connectivity index (χ3n) is 3.86. The average molecular weight is 246 g/mol. The minimum absolute atomic E-state index is 0.184. The van der Waals surface area contributed by atoms with Gasteiger partial charge >= 0.3 is 0 Å². The molecule has 3 nitrogen and oxygen atoms in total. The van der Waals surface area contributed by atoms with Crippen LogP contribution in [-0.4, -0.2) is 22.9 Å². The zero-order chi connectivity index (χ0) is 13.1. The summed E-state index contributed by atoms with van der Waals surface area (Å²) in [5, 5.41) is 0. The lowest BCUT2D eigenvalue weighted by atomic mass is 10.0. The van der Waals surface area contributed by atoms with Crippen LogP contribution in [0.5, 0.6) is 0 Å². The molecule has 3 heteroatoms. The van der Waals surface area contributed by atoms with Crippen LogP contribution >= 0.6 is 0 Å². The standard InChI is InChI=1S/C15H22N2O/c1-11-8-9-12(2)17(11)15(18)10-14(16)13-6-4-3-5-7-13/h3-7,11-12,14H,8-10,16H2,1-2H3. The Morgan fingerprint density at radius 3 is 2.39 bits per heavy atom. The van der Waals surface area contributed by atoms with Crippen LogP contribution in [0.25, 0.3) is 0 Å². The first-order chi connectivity index (χ1) is 8.59. The molecule has 0 saturated carbocycles. The van der Waals surface area contributed by atoms with E-state index < -0.39 is 0 Å². The van der Waals surface area contributed by atoms with Crippen molar-refractivity contribution in [3.63, 3.8) is 0 Å². The molecule has 3 unspecified atom stereocenters. The van der Waals surface area contributed by atoms with Gasteiger partial charge in [-0.1, -0.05) is 30.3 Å². The number of amides is 1. The van der Waals surface area contributed by atoms with Gasteiger partial charge in [-0.15, -0.1) is 0 Å². The van der Waals surface area contributed by atoms with Gasteiger partial charge in [-0.2, -0.15) is 0 Å². The van der Waals surface area contributed by atoms with E-state index in [9.17, 15) is 4.79 Å². The van der Waals surface area contributed by atoms with E-state index in [-0.39, 0.29) is 11.9 Å². The topological polar surface area (TPSA) is 46.3 Å². The molecule has 1 amide bonds. The lowest BCUT2D eigenvalue weighted by molar-refractivity contribution is -0.133. The first-order valence-corrected chi connectivity index (χ1v) is 6.71. The van der Waals surface area contributed by atoms with Crippen LogP contribution in [0.4, 0.5) is 0 Å². The van der Waals surface area contributed by atoms with Crippen LogP contribution in [-0.2, 0) is 4.79 Å². The fourth-order valence-corrected chi connectivity index (χ4v) is 2.80. The summed E-state index contributed by atoms with van der Waals surface area (Å²) in [6, 6.07) is 10.4. The molecule has 1 aromatic carbocycles. The molecule has 2 N–H and O–H groups in total. The predicted molar refractivity (Wildman–Crippen MR) is 73.0 cm³/mol. The number of likely N-dealkylation sites (tertiary alicyclic amines) is 1. The van der Waals surface area contributed by atoms with Gasteiger partial charge in [0, 0.05) is 24.5 Å². The number of carbonyl (C=O) groups is 1. The zero-order valence-corrected chi connectivity index (χ0v) is 11.2. The summed E-state index contributed by atoms with van der Waals surface area (Å²) in [4.78, 5) is 14.3. The van der Waals surface area contributed by atoms with Crippen molar-refractivity contribution < 1.29 is 4.79 Å². The highest BCUT2D eigenvalue weighted by Gasteiger charge is 2.31. The molecule has 98 valence electrons. The van der Waals surface area contributed by atoms with Crippen LogP contribution in [0.1, 0.15) is 44.7 Å². The van der Waals surface area contributed by atoms with Crippen molar-refractivity contribution in [2.75, 3.05) is 0 Å². The summed E-state index contributed by atoms with van der Waals surface area (Å²) < 4.78 is 0. The Kier molecular flexibility index (Phi) is 4.02. The summed E-state index contributed by atoms with van der Waals surface area (Å²) in [6.07, 6.45) is 2.61. The van der Waals surface area contributed by atoms with E-state index in [1.807, 2.05) is 35.2 Å². The Labute approximate surface area is 109 Å². The van der Waals surface area contributed by atoms with E-state index >= 15 is 0 Å². The van der Waals surface area contributed by atoms with E-state index in [0.717, 1.165) is 18.4 Å². The van der Waals surface area contributed by atoms with E-state index in [2.05, 4.69) is 13.8 Å². The summed E-state index contributed by atoms with van der Waals surface area (Å²) in [5.41, 5.74) is 7.14. The highest BCUT2D eigenvalue weighted by atomic mass is 16.2. The van der Waals surface area contributed by atoms with E-state index in [1.165, 1.54) is 0 Å². The number of carbonyl (C=O) groups excluding carboxylic acids is 1. The Hall–Kier alpha value is -1.35. The number of nitrogens with two attached hydrogens (primary N) is 1. The van der Waals surface area contributed by atoms with Gasteiger partial charge in [0.25, 0.3) is 0 Å². The van der Waals surface area contributed by atoms with Gasteiger partial charge in [0.2, 0.25) is 5.91 Å². The fraction of sp³-hybridized carbons (Fsp3) is 0.533. The van der Waals surface area contributed by atoms with Crippen LogP contribution < -0.4 is 5.73 Å². The smallest absolute Gasteiger partial charge is 0.224 e. The van der Waals surface area contributed by atoms with Gasteiger partial charge in [-0.3, -0.25) is 4.79 Å². The molecule has 1 saturated heterocycles. The normalized spacial score (nSPS) is 25.2. The first-order valence-electron chi connectivity index (χ1n) is 6.71. The van der Waals surface area contributed by atoms with Gasteiger partial charge in [0.1, 0.15) is 0 Å². The van der Waals surface area contributed by atoms with Crippen molar-refractivity contribution in [1.82, 2.24) is 4.90 Å². The van der Waals surface area contributed by atoms with Crippen LogP contribution in [0.2, 0.25) is 0 Å². The van der Waals surface area contributed by atoms with Gasteiger partial charge in [-0.05, 0) is 32.3 Å². The molecular formula is C15H22N2O. The summed E-state index contributed by atoms with van der Waals surface area (Å²) in [7, 11) is 0. The number of hydrogen-bond acceptors (Lipinski definition) is 2. The second-order valence-corrected chi connectivity index (χ2v) is 5.30. The third-order valence-corrected chi connectivity index (χ3v) is 3.86. The van der Waals surface area contributed by atoms with Crippen molar-refractivity contribution in [1.29, 1.82) is 0 Å². The van der Waals surface area contributed by atoms with E-state index in [4.69, 9.17) is 5.73 Å². The summed E-state index contributed by atoms with van der Waals surface area (Å²) in [6.45, 7) is 4.24. The molecule has 1 aromatic rings. The van der Waals surface area contributed by atoms with Crippen molar-refractivity contribution >= 4 is 5.91 Å². The second-order valence-electron chi connectivity index (χ2n) is 5.30. The Bertz CT molecular complexity index is 394. The van der Waals surface area contributed by atoms with Crippen molar-refractivity contribution in [2.24, 2.45) is 5.73 Å². The van der Waals surface area contributed by atoms with Crippen molar-refractivity contribution in [3.05, 3.63) is 35.9 Å². The van der Waals surface area contributed by atoms with Crippen LogP contribution in [0, 0.1) is 0 Å². The maximum atomic E-state index is 12.3. The SMILES string of the molecule is CC1CCC(C)N1C(=O)CC(N)c1ccccc1. The van der Waals surface area contributed by atoms with Crippen molar-refractivity contribution in [3.8, 4) is 0 Å². The molecule has 1 aliphatic rings. The lowest BCUT2D eigenvalue weighted by Crippen LogP contribution is -2.39. The molecule has 0 bridgehead atoms. The van der Waals surface area contributed by atoms with E-state index in [1.54, 1.807) is 0 Å². The highest BCUT2D eigenvalue weighted by molar-refractivity contribution is 5.78. The molecule has 3 atom stereocenters. The van der Waals surface area contributed by atoms with E-state index in [0.29, 0.717) is 18.5 Å². The molecule has 0 spiro atoms. The van der Waals surface area contributed by atoms with Crippen LogP contribution in [0.3, 0.4) is 0 Å². The molecule has 1 fully saturated rings. The molecule has 2 rings (SSSR count). The number of nitrogens with zero attached hydrogens (tertiary/aromatic N) is 1. The number of hydrogen-bond donors (Lipinski definition) is 1. The highest BCUT2D eigenvalue weighted by Crippen LogP contribution is 2.26. The molecule has 18 heavy (non-hydrogen) atoms. The number of rotatable bonds is 3. The predicted octanol–water partition coefficient (Wildman–Crippen LogP) is 2.48. The lowest BCUT2D eigenvalue weighted by Gasteiger charge is -2.27. The quantitative estimate of drug-likeness (QED) is 0.890. The monoisotopic (exact) mass is 246 g/mol. The first kappa shape index (κ1) is 13.1. The van der Waals surface area contributed by atoms with Gasteiger partial charge in [0.15, 0.2) is 0 Å². The minimum atomic E-state index is -0.196. The van der Waals surface area contributed by atoms with Gasteiger partial charge in [0.05, 0.1) is 0 Å². The Morgan fingerprint density at radius 1 is 1.28 bits per heavy atom. The van der Waals surface area contributed by atoms with Crippen molar-refractivity contribution in [2.45, 2.75) is 51.2 Å². The van der Waals surface area contributed by atoms with Crippen LogP contribution in [0.15, 0.2) is 30.3 Å². The Balaban J connectivity index is 1.99. The molecule has 0 aromatic heterocycles. The molecular weight excluding hydrogens is 224 g/mol. The molecule has 1 aliphatic heterocycles. The third kappa shape index (κ3) is 2.72. The average Bonchev–Trinajstić information content (AvgIpc) is 2.70. The largest absolute Gasteiger partial charge is 0.337 e. The maximum Gasteiger partial charge on any atom is 0.224 e. The molecule has 0 radical (unpaired) electrons. The second kappa shape index (κ2) is 5.53. The zero-order valence-electron chi connectivity index (χ0n) is 11.2. The summed E-state index contributed by atoms with van der Waals surface area (Å²) >= 11 is 0. The van der Waals surface area contributed by atoms with Gasteiger partial charge in [-0.25, -0.2) is 0 Å². The molecule has 0 aliphatic carbocycles. The number of benzene rings is 1. The minimum Gasteiger partial charge on any atom is -0.337 e. The maximum absolute atomic E-state index is 12.3. The summed E-state index contributed by atoms with van der Waals surface area (Å²) in [5.74, 6) is 0.184. The molecule has 1 heterocycles.